The van der Waals surface area contributed by atoms with E-state index in [2.05, 4.69) is 24.3 Å². The van der Waals surface area contributed by atoms with Crippen LogP contribution < -0.4 is 9.47 Å². The molecule has 1 aliphatic heterocycles. The predicted octanol–water partition coefficient (Wildman–Crippen LogP) is 5.24. The first kappa shape index (κ1) is 21.0. The van der Waals surface area contributed by atoms with Crippen molar-refractivity contribution in [3.8, 4) is 33.8 Å². The summed E-state index contributed by atoms with van der Waals surface area (Å²) >= 11 is 0. The van der Waals surface area contributed by atoms with Crippen LogP contribution in [0.2, 0.25) is 0 Å². The lowest BCUT2D eigenvalue weighted by Crippen LogP contribution is -2.30. The Bertz CT molecular complexity index is 1290. The van der Waals surface area contributed by atoms with Crippen molar-refractivity contribution < 1.29 is 19.1 Å². The standard InChI is InChI=1S/C29H27NO4/c1-4-13-30-28(31)26-20-11-7-16-5-9-18(33-2)14-22(16)24(20)25-21(27(26)29(30)32)12-8-17-6-10-19(34-3)15-23(17)25/h5-6,9-10,14-15H,4,7-8,11-13H2,1-3H3. The van der Waals surface area contributed by atoms with Crippen LogP contribution in [0.3, 0.4) is 0 Å². The Labute approximate surface area is 199 Å². The summed E-state index contributed by atoms with van der Waals surface area (Å²) < 4.78 is 11.2. The van der Waals surface area contributed by atoms with Crippen molar-refractivity contribution in [1.82, 2.24) is 4.90 Å². The number of carbonyl (C=O) groups is 2. The van der Waals surface area contributed by atoms with E-state index in [-0.39, 0.29) is 11.8 Å². The van der Waals surface area contributed by atoms with Crippen molar-refractivity contribution in [3.05, 3.63) is 69.8 Å². The van der Waals surface area contributed by atoms with E-state index in [1.54, 1.807) is 14.2 Å². The van der Waals surface area contributed by atoms with Crippen molar-refractivity contribution in [2.45, 2.75) is 39.0 Å². The van der Waals surface area contributed by atoms with E-state index in [9.17, 15) is 9.59 Å². The van der Waals surface area contributed by atoms with Crippen LogP contribution in [0.5, 0.6) is 11.5 Å². The maximum atomic E-state index is 13.6. The van der Waals surface area contributed by atoms with E-state index in [1.807, 2.05) is 19.1 Å². The first-order valence-corrected chi connectivity index (χ1v) is 12.0. The number of methoxy groups -OCH3 is 2. The molecule has 0 saturated heterocycles. The second-order valence-electron chi connectivity index (χ2n) is 9.27. The van der Waals surface area contributed by atoms with E-state index in [0.29, 0.717) is 17.7 Å². The molecule has 5 nitrogen and oxygen atoms in total. The van der Waals surface area contributed by atoms with Gasteiger partial charge in [-0.25, -0.2) is 0 Å². The van der Waals surface area contributed by atoms with Gasteiger partial charge >= 0.3 is 0 Å². The first-order chi connectivity index (χ1) is 16.6. The Morgan fingerprint density at radius 2 is 1.18 bits per heavy atom. The number of amides is 2. The summed E-state index contributed by atoms with van der Waals surface area (Å²) in [5.74, 6) is 1.31. The summed E-state index contributed by atoms with van der Waals surface area (Å²) in [6.45, 7) is 2.45. The van der Waals surface area contributed by atoms with Crippen LogP contribution in [0.4, 0.5) is 0 Å². The number of imide groups is 1. The van der Waals surface area contributed by atoms with E-state index in [4.69, 9.17) is 9.47 Å². The Balaban J connectivity index is 1.74. The number of carbonyl (C=O) groups excluding carboxylic acids is 2. The highest BCUT2D eigenvalue weighted by Crippen LogP contribution is 2.51. The summed E-state index contributed by atoms with van der Waals surface area (Å²) in [7, 11) is 3.35. The van der Waals surface area contributed by atoms with Gasteiger partial charge in [-0.1, -0.05) is 19.1 Å². The topological polar surface area (TPSA) is 55.8 Å². The molecule has 3 aromatic rings. The van der Waals surface area contributed by atoms with Crippen LogP contribution in [0.25, 0.3) is 22.3 Å². The van der Waals surface area contributed by atoms with Gasteiger partial charge in [0.15, 0.2) is 0 Å². The van der Waals surface area contributed by atoms with Crippen molar-refractivity contribution in [3.63, 3.8) is 0 Å². The van der Waals surface area contributed by atoms with Crippen LogP contribution in [0.1, 0.15) is 56.3 Å². The minimum atomic E-state index is -0.135. The highest BCUT2D eigenvalue weighted by Gasteiger charge is 2.43. The molecular formula is C29H27NO4. The lowest BCUT2D eigenvalue weighted by Gasteiger charge is -2.31. The van der Waals surface area contributed by atoms with Crippen molar-refractivity contribution in [2.24, 2.45) is 0 Å². The Morgan fingerprint density at radius 3 is 1.59 bits per heavy atom. The van der Waals surface area contributed by atoms with Crippen molar-refractivity contribution >= 4 is 11.8 Å². The quantitative estimate of drug-likeness (QED) is 0.507. The maximum absolute atomic E-state index is 13.6. The summed E-state index contributed by atoms with van der Waals surface area (Å²) in [4.78, 5) is 28.6. The first-order valence-electron chi connectivity index (χ1n) is 12.0. The summed E-state index contributed by atoms with van der Waals surface area (Å²) in [5, 5.41) is 0. The second-order valence-corrected chi connectivity index (χ2v) is 9.27. The van der Waals surface area contributed by atoms with Crippen LogP contribution in [-0.2, 0) is 25.7 Å². The molecule has 0 spiro atoms. The van der Waals surface area contributed by atoms with Crippen LogP contribution in [0, 0.1) is 0 Å². The van der Waals surface area contributed by atoms with Crippen molar-refractivity contribution in [1.29, 1.82) is 0 Å². The Kier molecular flexibility index (Phi) is 4.76. The maximum Gasteiger partial charge on any atom is 0.261 e. The molecule has 3 aliphatic rings. The smallest absolute Gasteiger partial charge is 0.261 e. The minimum Gasteiger partial charge on any atom is -0.497 e. The lowest BCUT2D eigenvalue weighted by atomic mass is 9.72. The zero-order chi connectivity index (χ0) is 23.6. The molecule has 2 aliphatic carbocycles. The fraction of sp³-hybridized carbons (Fsp3) is 0.310. The van der Waals surface area contributed by atoms with Gasteiger partial charge in [0.05, 0.1) is 25.3 Å². The number of hydrogen-bond acceptors (Lipinski definition) is 4. The highest BCUT2D eigenvalue weighted by atomic mass is 16.5. The number of rotatable bonds is 4. The average molecular weight is 454 g/mol. The molecule has 0 aromatic heterocycles. The molecular weight excluding hydrogens is 426 g/mol. The number of benzene rings is 3. The summed E-state index contributed by atoms with van der Waals surface area (Å²) in [6.07, 6.45) is 3.89. The SMILES string of the molecule is CCCN1C(=O)c2c3c(c4c(c2C1=O)CCc1ccc(OC)cc1-4)-c1cc(OC)ccc1CC3. The van der Waals surface area contributed by atoms with Crippen LogP contribution in [-0.4, -0.2) is 37.5 Å². The Morgan fingerprint density at radius 1 is 0.706 bits per heavy atom. The van der Waals surface area contributed by atoms with Gasteiger partial charge in [0.2, 0.25) is 0 Å². The van der Waals surface area contributed by atoms with E-state index in [0.717, 1.165) is 77.0 Å². The summed E-state index contributed by atoms with van der Waals surface area (Å²) in [5.41, 5.74) is 10.1. The molecule has 34 heavy (non-hydrogen) atoms. The normalized spacial score (nSPS) is 15.3. The molecule has 0 unspecified atom stereocenters. The highest BCUT2D eigenvalue weighted by molar-refractivity contribution is 6.25. The third-order valence-electron chi connectivity index (χ3n) is 7.53. The fourth-order valence-corrected chi connectivity index (χ4v) is 5.99. The number of nitrogens with zero attached hydrogens (tertiary/aromatic N) is 1. The van der Waals surface area contributed by atoms with Gasteiger partial charge in [-0.05, 0) is 101 Å². The molecule has 0 bridgehead atoms. The third kappa shape index (κ3) is 2.79. The van der Waals surface area contributed by atoms with Gasteiger partial charge in [-0.2, -0.15) is 0 Å². The largest absolute Gasteiger partial charge is 0.497 e. The molecule has 0 saturated carbocycles. The van der Waals surface area contributed by atoms with Gasteiger partial charge in [-0.15, -0.1) is 0 Å². The monoisotopic (exact) mass is 453 g/mol. The van der Waals surface area contributed by atoms with Gasteiger partial charge < -0.3 is 9.47 Å². The Hall–Kier alpha value is -3.60. The van der Waals surface area contributed by atoms with E-state index in [1.165, 1.54) is 16.0 Å². The fourth-order valence-electron chi connectivity index (χ4n) is 5.99. The molecule has 0 radical (unpaired) electrons. The van der Waals surface area contributed by atoms with Crippen LogP contribution in [0.15, 0.2) is 36.4 Å². The van der Waals surface area contributed by atoms with Gasteiger partial charge in [0.1, 0.15) is 11.5 Å². The number of fused-ring (bicyclic) bond motifs is 10. The van der Waals surface area contributed by atoms with Crippen LogP contribution >= 0.6 is 0 Å². The second kappa shape index (κ2) is 7.73. The van der Waals surface area contributed by atoms with Gasteiger partial charge in [-0.3, -0.25) is 14.5 Å². The van der Waals surface area contributed by atoms with E-state index < -0.39 is 0 Å². The lowest BCUT2D eigenvalue weighted by molar-refractivity contribution is 0.0653. The molecule has 172 valence electrons. The third-order valence-corrected chi connectivity index (χ3v) is 7.53. The average Bonchev–Trinajstić information content (AvgIpc) is 3.12. The molecule has 0 atom stereocenters. The van der Waals surface area contributed by atoms with Crippen molar-refractivity contribution in [2.75, 3.05) is 20.8 Å². The number of ether oxygens (including phenoxy) is 2. The van der Waals surface area contributed by atoms with Gasteiger partial charge in [0, 0.05) is 6.54 Å². The minimum absolute atomic E-state index is 0.135. The molecule has 1 heterocycles. The molecule has 2 amide bonds. The predicted molar refractivity (Wildman–Crippen MR) is 131 cm³/mol. The van der Waals surface area contributed by atoms with Gasteiger partial charge in [0.25, 0.3) is 11.8 Å². The van der Waals surface area contributed by atoms with E-state index >= 15 is 0 Å². The molecule has 3 aromatic carbocycles. The molecule has 0 N–H and O–H groups in total. The molecule has 6 rings (SSSR count). The molecule has 5 heteroatoms. The zero-order valence-electron chi connectivity index (χ0n) is 19.8. The number of aryl methyl sites for hydroxylation is 2. The molecule has 0 fully saturated rings. The number of hydrogen-bond donors (Lipinski definition) is 0. The summed E-state index contributed by atoms with van der Waals surface area (Å²) in [6, 6.07) is 12.4. The zero-order valence-corrected chi connectivity index (χ0v) is 19.8.